The smallest absolute Gasteiger partial charge is 0.224 e. The molecule has 0 aromatic carbocycles. The van der Waals surface area contributed by atoms with Crippen molar-refractivity contribution in [3.8, 4) is 33.2 Å². The molecule has 6 aromatic rings. The minimum absolute atomic E-state index is 0.0577. The van der Waals surface area contributed by atoms with Crippen LogP contribution in [-0.4, -0.2) is 41.0 Å². The summed E-state index contributed by atoms with van der Waals surface area (Å²) in [6, 6.07) is 10.6. The van der Waals surface area contributed by atoms with Crippen LogP contribution in [-0.2, 0) is 4.79 Å². The first kappa shape index (κ1) is 22.9. The summed E-state index contributed by atoms with van der Waals surface area (Å²) in [5.74, 6) is 0.698. The second-order valence-corrected chi connectivity index (χ2v) is 10.1. The molecule has 0 bridgehead atoms. The predicted octanol–water partition coefficient (Wildman–Crippen LogP) is 5.81. The van der Waals surface area contributed by atoms with E-state index in [-0.39, 0.29) is 17.0 Å². The number of anilines is 1. The van der Waals surface area contributed by atoms with Gasteiger partial charge in [0.05, 0.1) is 28.6 Å². The number of aromatic nitrogens is 7. The Morgan fingerprint density at radius 1 is 1.14 bits per heavy atom. The van der Waals surface area contributed by atoms with Crippen LogP contribution in [0.5, 0.6) is 0 Å². The zero-order valence-corrected chi connectivity index (χ0v) is 20.7. The van der Waals surface area contributed by atoms with E-state index in [2.05, 4.69) is 35.5 Å². The number of nitrogens with zero attached hydrogens (tertiary/aromatic N) is 5. The van der Waals surface area contributed by atoms with Crippen LogP contribution in [0.15, 0.2) is 55.0 Å². The number of carbonyl (C=O) groups excluding carboxylic acids is 1. The summed E-state index contributed by atoms with van der Waals surface area (Å²) < 4.78 is 13.7. The van der Waals surface area contributed by atoms with Crippen LogP contribution in [0.1, 0.15) is 20.3 Å². The van der Waals surface area contributed by atoms with Crippen molar-refractivity contribution in [3.05, 3.63) is 60.1 Å². The lowest BCUT2D eigenvalue weighted by molar-refractivity contribution is -0.116. The number of amides is 1. The molecule has 0 atom stereocenters. The molecule has 6 aromatic heterocycles. The van der Waals surface area contributed by atoms with Gasteiger partial charge in [-0.1, -0.05) is 13.8 Å². The number of thiophene rings is 1. The lowest BCUT2D eigenvalue weighted by Gasteiger charge is -2.08. The quantitative estimate of drug-likeness (QED) is 0.259. The number of pyridine rings is 3. The summed E-state index contributed by atoms with van der Waals surface area (Å²) in [6.07, 6.45) is 5.40. The first-order chi connectivity index (χ1) is 17.9. The number of rotatable bonds is 6. The Bertz CT molecular complexity index is 1770. The highest BCUT2D eigenvalue weighted by Crippen LogP contribution is 2.34. The van der Waals surface area contributed by atoms with E-state index in [0.717, 1.165) is 32.9 Å². The maximum Gasteiger partial charge on any atom is 0.224 e. The van der Waals surface area contributed by atoms with E-state index in [1.54, 1.807) is 24.7 Å². The maximum atomic E-state index is 13.7. The Labute approximate surface area is 214 Å². The van der Waals surface area contributed by atoms with Gasteiger partial charge in [0.2, 0.25) is 5.91 Å². The van der Waals surface area contributed by atoms with E-state index in [9.17, 15) is 9.18 Å². The number of hydrogen-bond donors (Lipinski definition) is 3. The average Bonchev–Trinajstić information content (AvgIpc) is 3.60. The molecule has 0 aliphatic heterocycles. The van der Waals surface area contributed by atoms with Crippen molar-refractivity contribution in [1.82, 2.24) is 35.1 Å². The number of nitrogens with one attached hydrogen (secondary N) is 3. The highest BCUT2D eigenvalue weighted by Gasteiger charge is 2.18. The Balaban J connectivity index is 1.38. The fourth-order valence-electron chi connectivity index (χ4n) is 4.14. The van der Waals surface area contributed by atoms with Crippen LogP contribution >= 0.6 is 11.3 Å². The lowest BCUT2D eigenvalue weighted by atomic mass is 10.1. The van der Waals surface area contributed by atoms with E-state index < -0.39 is 0 Å². The first-order valence-electron chi connectivity index (χ1n) is 11.7. The molecule has 1 amide bonds. The molecule has 3 N–H and O–H groups in total. The molecule has 11 heteroatoms. The van der Waals surface area contributed by atoms with Gasteiger partial charge < -0.3 is 10.3 Å². The number of imidazole rings is 1. The minimum Gasteiger partial charge on any atom is -0.335 e. The summed E-state index contributed by atoms with van der Waals surface area (Å²) in [5.41, 5.74) is 5.94. The number of carbonyl (C=O) groups is 1. The van der Waals surface area contributed by atoms with Gasteiger partial charge in [0.1, 0.15) is 5.52 Å². The molecule has 0 radical (unpaired) electrons. The third-order valence-corrected chi connectivity index (χ3v) is 6.68. The minimum atomic E-state index is -0.257. The molecule has 0 aliphatic rings. The van der Waals surface area contributed by atoms with Crippen LogP contribution in [0.3, 0.4) is 0 Å². The van der Waals surface area contributed by atoms with Crippen LogP contribution in [0.25, 0.3) is 55.4 Å². The molecule has 6 rings (SSSR count). The molecule has 0 aliphatic carbocycles. The van der Waals surface area contributed by atoms with Crippen molar-refractivity contribution in [1.29, 1.82) is 0 Å². The van der Waals surface area contributed by atoms with Gasteiger partial charge in [-0.3, -0.25) is 14.9 Å². The van der Waals surface area contributed by atoms with E-state index >= 15 is 0 Å². The van der Waals surface area contributed by atoms with Crippen molar-refractivity contribution in [2.24, 2.45) is 5.92 Å². The molecule has 0 fully saturated rings. The first-order valence-corrected chi connectivity index (χ1v) is 12.5. The molecule has 184 valence electrons. The number of H-pyrrole nitrogens is 2. The van der Waals surface area contributed by atoms with E-state index in [4.69, 9.17) is 4.98 Å². The topological polar surface area (TPSA) is 125 Å². The fourth-order valence-corrected chi connectivity index (χ4v) is 4.91. The second kappa shape index (κ2) is 9.17. The Morgan fingerprint density at radius 3 is 2.84 bits per heavy atom. The molecule has 0 unspecified atom stereocenters. The van der Waals surface area contributed by atoms with Crippen LogP contribution in [0.4, 0.5) is 10.1 Å². The van der Waals surface area contributed by atoms with Crippen molar-refractivity contribution in [3.63, 3.8) is 0 Å². The largest absolute Gasteiger partial charge is 0.335 e. The van der Waals surface area contributed by atoms with E-state index in [0.29, 0.717) is 46.0 Å². The molecule has 0 saturated heterocycles. The zero-order valence-electron chi connectivity index (χ0n) is 19.9. The van der Waals surface area contributed by atoms with Crippen molar-refractivity contribution in [2.45, 2.75) is 20.3 Å². The van der Waals surface area contributed by atoms with Gasteiger partial charge >= 0.3 is 0 Å². The van der Waals surface area contributed by atoms with Gasteiger partial charge in [0.15, 0.2) is 22.3 Å². The summed E-state index contributed by atoms with van der Waals surface area (Å²) in [4.78, 5) is 34.4. The third-order valence-electron chi connectivity index (χ3n) is 5.77. The van der Waals surface area contributed by atoms with Gasteiger partial charge in [0.25, 0.3) is 0 Å². The average molecular weight is 513 g/mol. The Hall–Kier alpha value is -4.51. The number of halogens is 1. The molecule has 0 spiro atoms. The number of fused-ring (bicyclic) bond motifs is 2. The molecule has 9 nitrogen and oxygen atoms in total. The lowest BCUT2D eigenvalue weighted by Crippen LogP contribution is -2.14. The molecule has 37 heavy (non-hydrogen) atoms. The second-order valence-electron chi connectivity index (χ2n) is 9.02. The summed E-state index contributed by atoms with van der Waals surface area (Å²) in [5, 5.41) is 10.1. The molecule has 0 saturated carbocycles. The molecular formula is C26H21FN8OS. The number of hydrogen-bond acceptors (Lipinski definition) is 7. The normalized spacial score (nSPS) is 11.6. The Morgan fingerprint density at radius 2 is 2.03 bits per heavy atom. The monoisotopic (exact) mass is 512 g/mol. The zero-order chi connectivity index (χ0) is 25.5. The van der Waals surface area contributed by atoms with E-state index in [1.807, 2.05) is 38.1 Å². The van der Waals surface area contributed by atoms with Crippen LogP contribution in [0.2, 0.25) is 0 Å². The molecular weight excluding hydrogens is 491 g/mol. The van der Waals surface area contributed by atoms with Crippen molar-refractivity contribution >= 4 is 45.1 Å². The number of aromatic amines is 2. The van der Waals surface area contributed by atoms with E-state index in [1.165, 1.54) is 6.07 Å². The van der Waals surface area contributed by atoms with Crippen LogP contribution < -0.4 is 5.32 Å². The highest BCUT2D eigenvalue weighted by atomic mass is 32.1. The standard InChI is InChI=1S/C26H21FN8OS/c1-13(2)9-21(36)30-15-10-14(11-28-12-15)17-3-4-18-23(31-17)24(35-34-18)26-32-22-16(7-8-29-25(22)33-26)19-5-6-20(27)37-19/h3-8,10-13H,9H2,1-2H3,(H,30,36)(H,34,35)(H,29,32,33). The SMILES string of the molecule is CC(C)CC(=O)Nc1cncc(-c2ccc3[nH]nc(-c4nc5nccc(-c6ccc(F)s6)c5[nH]4)c3n2)c1. The van der Waals surface area contributed by atoms with Gasteiger partial charge in [-0.05, 0) is 42.3 Å². The van der Waals surface area contributed by atoms with Crippen molar-refractivity contribution in [2.75, 3.05) is 5.32 Å². The van der Waals surface area contributed by atoms with Crippen LogP contribution in [0, 0.1) is 11.0 Å². The van der Waals surface area contributed by atoms with Crippen molar-refractivity contribution < 1.29 is 9.18 Å². The molecule has 6 heterocycles. The van der Waals surface area contributed by atoms with Gasteiger partial charge in [-0.15, -0.1) is 11.3 Å². The Kier molecular flexibility index (Phi) is 5.68. The summed E-state index contributed by atoms with van der Waals surface area (Å²) >= 11 is 1.06. The van der Waals surface area contributed by atoms with Gasteiger partial charge in [0, 0.05) is 34.8 Å². The highest BCUT2D eigenvalue weighted by molar-refractivity contribution is 7.14. The third kappa shape index (κ3) is 4.45. The summed E-state index contributed by atoms with van der Waals surface area (Å²) in [6.45, 7) is 3.99. The maximum absolute atomic E-state index is 13.7. The predicted molar refractivity (Wildman–Crippen MR) is 141 cm³/mol. The van der Waals surface area contributed by atoms with Gasteiger partial charge in [-0.25, -0.2) is 15.0 Å². The summed E-state index contributed by atoms with van der Waals surface area (Å²) in [7, 11) is 0. The fraction of sp³-hybridized carbons (Fsp3) is 0.154. The van der Waals surface area contributed by atoms with Gasteiger partial charge in [-0.2, -0.15) is 9.49 Å².